The largest absolute Gasteiger partial charge is 0.389 e. The van der Waals surface area contributed by atoms with Crippen LogP contribution in [0.15, 0.2) is 0 Å². The maximum atomic E-state index is 9.80. The van der Waals surface area contributed by atoms with Crippen LogP contribution < -0.4 is 5.32 Å². The molecular formula is C7H16ClNOS. The summed E-state index contributed by atoms with van der Waals surface area (Å²) in [7, 11) is 1.89. The second kappa shape index (κ2) is 5.25. The Morgan fingerprint density at radius 1 is 1.45 bits per heavy atom. The van der Waals surface area contributed by atoms with Gasteiger partial charge in [-0.25, -0.2) is 0 Å². The van der Waals surface area contributed by atoms with E-state index in [4.69, 9.17) is 0 Å². The molecule has 1 aliphatic rings. The predicted octanol–water partition coefficient (Wildman–Crippen LogP) is 0.886. The highest BCUT2D eigenvalue weighted by Crippen LogP contribution is 2.25. The Balaban J connectivity index is 0.000001000. The molecule has 2 N–H and O–H groups in total. The summed E-state index contributed by atoms with van der Waals surface area (Å²) < 4.78 is 0. The lowest BCUT2D eigenvalue weighted by atomic mass is 9.97. The van der Waals surface area contributed by atoms with Crippen LogP contribution in [0.3, 0.4) is 0 Å². The van der Waals surface area contributed by atoms with Gasteiger partial charge in [-0.05, 0) is 31.4 Å². The molecule has 0 radical (unpaired) electrons. The summed E-state index contributed by atoms with van der Waals surface area (Å²) in [5.41, 5.74) is -0.403. The van der Waals surface area contributed by atoms with Crippen LogP contribution in [0.4, 0.5) is 0 Å². The van der Waals surface area contributed by atoms with Gasteiger partial charge in [-0.2, -0.15) is 11.8 Å². The molecule has 0 saturated carbocycles. The number of aliphatic hydroxyl groups is 1. The molecule has 0 aromatic heterocycles. The fourth-order valence-corrected chi connectivity index (χ4v) is 2.51. The summed E-state index contributed by atoms with van der Waals surface area (Å²) in [6.07, 6.45) is 1.89. The molecule has 0 spiro atoms. The zero-order chi connectivity index (χ0) is 7.45. The van der Waals surface area contributed by atoms with Crippen LogP contribution in [0, 0.1) is 0 Å². The van der Waals surface area contributed by atoms with E-state index in [-0.39, 0.29) is 12.4 Å². The van der Waals surface area contributed by atoms with Gasteiger partial charge in [0.05, 0.1) is 5.60 Å². The van der Waals surface area contributed by atoms with Gasteiger partial charge in [0.2, 0.25) is 0 Å². The quantitative estimate of drug-likeness (QED) is 0.690. The third kappa shape index (κ3) is 3.65. The van der Waals surface area contributed by atoms with Crippen LogP contribution in [0.5, 0.6) is 0 Å². The molecule has 0 bridgehead atoms. The summed E-state index contributed by atoms with van der Waals surface area (Å²) in [4.78, 5) is 0. The van der Waals surface area contributed by atoms with E-state index in [1.165, 1.54) is 0 Å². The maximum Gasteiger partial charge on any atom is 0.0787 e. The molecule has 0 aromatic carbocycles. The van der Waals surface area contributed by atoms with E-state index in [0.29, 0.717) is 0 Å². The van der Waals surface area contributed by atoms with Crippen LogP contribution in [0.2, 0.25) is 0 Å². The molecule has 4 heteroatoms. The van der Waals surface area contributed by atoms with Crippen molar-refractivity contribution in [3.63, 3.8) is 0 Å². The van der Waals surface area contributed by atoms with E-state index < -0.39 is 5.60 Å². The Bertz CT molecular complexity index is 101. The smallest absolute Gasteiger partial charge is 0.0787 e. The van der Waals surface area contributed by atoms with Crippen LogP contribution >= 0.6 is 24.2 Å². The second-order valence-electron chi connectivity index (χ2n) is 2.87. The molecule has 0 aliphatic carbocycles. The van der Waals surface area contributed by atoms with Crippen molar-refractivity contribution in [3.05, 3.63) is 0 Å². The number of halogens is 1. The van der Waals surface area contributed by atoms with Gasteiger partial charge in [0.25, 0.3) is 0 Å². The Morgan fingerprint density at radius 2 is 2.00 bits per heavy atom. The number of rotatable bonds is 2. The molecule has 0 unspecified atom stereocenters. The van der Waals surface area contributed by atoms with Crippen molar-refractivity contribution >= 4 is 24.2 Å². The summed E-state index contributed by atoms with van der Waals surface area (Å²) in [5, 5.41) is 12.8. The highest BCUT2D eigenvalue weighted by atomic mass is 35.5. The minimum absolute atomic E-state index is 0. The highest BCUT2D eigenvalue weighted by molar-refractivity contribution is 7.99. The molecule has 0 atom stereocenters. The molecule has 0 aromatic rings. The van der Waals surface area contributed by atoms with Gasteiger partial charge >= 0.3 is 0 Å². The van der Waals surface area contributed by atoms with Crippen molar-refractivity contribution in [1.82, 2.24) is 5.32 Å². The Hall–Kier alpha value is 0.560. The molecule has 1 rings (SSSR count). The lowest BCUT2D eigenvalue weighted by Gasteiger charge is -2.31. The first-order valence-corrected chi connectivity index (χ1v) is 4.87. The fraction of sp³-hybridized carbons (Fsp3) is 1.00. The van der Waals surface area contributed by atoms with E-state index in [2.05, 4.69) is 5.32 Å². The monoisotopic (exact) mass is 197 g/mol. The third-order valence-corrected chi connectivity index (χ3v) is 2.91. The van der Waals surface area contributed by atoms with Gasteiger partial charge < -0.3 is 10.4 Å². The van der Waals surface area contributed by atoms with Gasteiger partial charge in [-0.15, -0.1) is 12.4 Å². The SMILES string of the molecule is CNCC1(O)CCSCC1.Cl. The summed E-state index contributed by atoms with van der Waals surface area (Å²) >= 11 is 1.94. The maximum absolute atomic E-state index is 9.80. The van der Waals surface area contributed by atoms with Gasteiger partial charge in [-0.3, -0.25) is 0 Å². The van der Waals surface area contributed by atoms with E-state index in [1.807, 2.05) is 18.8 Å². The summed E-state index contributed by atoms with van der Waals surface area (Å²) in [6.45, 7) is 0.744. The average Bonchev–Trinajstić information content (AvgIpc) is 1.89. The van der Waals surface area contributed by atoms with Crippen molar-refractivity contribution in [2.45, 2.75) is 18.4 Å². The predicted molar refractivity (Wildman–Crippen MR) is 52.7 cm³/mol. The lowest BCUT2D eigenvalue weighted by molar-refractivity contribution is 0.0342. The molecule has 1 aliphatic heterocycles. The molecular weight excluding hydrogens is 182 g/mol. The van der Waals surface area contributed by atoms with Crippen molar-refractivity contribution in [1.29, 1.82) is 0 Å². The lowest BCUT2D eigenvalue weighted by Crippen LogP contribution is -2.42. The topological polar surface area (TPSA) is 32.3 Å². The second-order valence-corrected chi connectivity index (χ2v) is 4.09. The number of thioether (sulfide) groups is 1. The van der Waals surface area contributed by atoms with E-state index in [1.54, 1.807) is 0 Å². The van der Waals surface area contributed by atoms with Crippen molar-refractivity contribution in [2.24, 2.45) is 0 Å². The summed E-state index contributed by atoms with van der Waals surface area (Å²) in [6, 6.07) is 0. The van der Waals surface area contributed by atoms with Crippen LogP contribution in [-0.2, 0) is 0 Å². The van der Waals surface area contributed by atoms with Crippen molar-refractivity contribution in [2.75, 3.05) is 25.1 Å². The van der Waals surface area contributed by atoms with Gasteiger partial charge in [0, 0.05) is 6.54 Å². The number of hydrogen-bond acceptors (Lipinski definition) is 3. The van der Waals surface area contributed by atoms with Crippen LogP contribution in [-0.4, -0.2) is 35.8 Å². The standard InChI is InChI=1S/C7H15NOS.ClH/c1-8-6-7(9)2-4-10-5-3-7;/h8-9H,2-6H2,1H3;1H. The first-order chi connectivity index (χ1) is 4.77. The molecule has 0 amide bonds. The molecule has 1 heterocycles. The zero-order valence-electron chi connectivity index (χ0n) is 6.80. The van der Waals surface area contributed by atoms with Crippen molar-refractivity contribution < 1.29 is 5.11 Å². The number of nitrogens with one attached hydrogen (secondary N) is 1. The average molecular weight is 198 g/mol. The molecule has 68 valence electrons. The normalized spacial score (nSPS) is 22.4. The number of likely N-dealkylation sites (N-methyl/N-ethyl adjacent to an activating group) is 1. The molecule has 2 nitrogen and oxygen atoms in total. The zero-order valence-corrected chi connectivity index (χ0v) is 8.43. The van der Waals surface area contributed by atoms with Gasteiger partial charge in [0.15, 0.2) is 0 Å². The van der Waals surface area contributed by atoms with E-state index >= 15 is 0 Å². The Morgan fingerprint density at radius 3 is 2.45 bits per heavy atom. The van der Waals surface area contributed by atoms with Crippen molar-refractivity contribution in [3.8, 4) is 0 Å². The van der Waals surface area contributed by atoms with Gasteiger partial charge in [-0.1, -0.05) is 0 Å². The Kier molecular flexibility index (Phi) is 5.52. The van der Waals surface area contributed by atoms with E-state index in [0.717, 1.165) is 30.9 Å². The molecule has 1 fully saturated rings. The van der Waals surface area contributed by atoms with E-state index in [9.17, 15) is 5.11 Å². The third-order valence-electron chi connectivity index (χ3n) is 1.93. The van der Waals surface area contributed by atoms with Crippen LogP contribution in [0.25, 0.3) is 0 Å². The minimum Gasteiger partial charge on any atom is -0.389 e. The van der Waals surface area contributed by atoms with Gasteiger partial charge in [0.1, 0.15) is 0 Å². The number of hydrogen-bond donors (Lipinski definition) is 2. The Labute approximate surface area is 78.5 Å². The first kappa shape index (κ1) is 11.6. The molecule has 1 saturated heterocycles. The minimum atomic E-state index is -0.403. The molecule has 11 heavy (non-hydrogen) atoms. The fourth-order valence-electron chi connectivity index (χ4n) is 1.26. The van der Waals surface area contributed by atoms with Crippen LogP contribution in [0.1, 0.15) is 12.8 Å². The first-order valence-electron chi connectivity index (χ1n) is 3.72. The highest BCUT2D eigenvalue weighted by Gasteiger charge is 2.27. The summed E-state index contributed by atoms with van der Waals surface area (Å²) in [5.74, 6) is 2.22.